The van der Waals surface area contributed by atoms with Gasteiger partial charge >= 0.3 is 0 Å². The Morgan fingerprint density at radius 1 is 1.31 bits per heavy atom. The van der Waals surface area contributed by atoms with E-state index in [0.717, 1.165) is 56.0 Å². The van der Waals surface area contributed by atoms with Gasteiger partial charge in [0.1, 0.15) is 5.75 Å². The van der Waals surface area contributed by atoms with Crippen LogP contribution in [0.25, 0.3) is 0 Å². The molecule has 3 fully saturated rings. The maximum absolute atomic E-state index is 12.9. The van der Waals surface area contributed by atoms with E-state index in [4.69, 9.17) is 4.74 Å². The first kappa shape index (κ1) is 19.8. The maximum Gasteiger partial charge on any atom is 0.224 e. The van der Waals surface area contributed by atoms with E-state index in [1.165, 1.54) is 0 Å². The van der Waals surface area contributed by atoms with Crippen LogP contribution >= 0.6 is 0 Å². The Hall–Kier alpha value is -2.45. The summed E-state index contributed by atoms with van der Waals surface area (Å²) in [5.74, 6) is 1.46. The molecule has 5 rings (SSSR count). The Kier molecular flexibility index (Phi) is 6.10. The van der Waals surface area contributed by atoms with E-state index in [1.807, 2.05) is 42.2 Å². The molecule has 1 unspecified atom stereocenters. The van der Waals surface area contributed by atoms with Crippen LogP contribution in [0.5, 0.6) is 5.75 Å². The van der Waals surface area contributed by atoms with Crippen LogP contribution in [-0.4, -0.2) is 59.1 Å². The van der Waals surface area contributed by atoms with Gasteiger partial charge in [0.15, 0.2) is 0 Å². The SMILES string of the molecule is CNCc1cn(C[C@H]2C[C@@H]3CCN2C[C@@H]3C(=O)NCc2ccccc2OC)nn1. The zero-order valence-corrected chi connectivity index (χ0v) is 17.2. The van der Waals surface area contributed by atoms with E-state index in [0.29, 0.717) is 18.5 Å². The molecule has 0 saturated carbocycles. The van der Waals surface area contributed by atoms with Crippen molar-refractivity contribution in [1.29, 1.82) is 0 Å². The molecule has 1 aromatic heterocycles. The van der Waals surface area contributed by atoms with Crippen molar-refractivity contribution >= 4 is 5.91 Å². The summed E-state index contributed by atoms with van der Waals surface area (Å²) in [6.45, 7) is 3.95. The number of ether oxygens (including phenoxy) is 1. The third-order valence-electron chi connectivity index (χ3n) is 6.20. The molecule has 8 heteroatoms. The molecule has 0 spiro atoms. The zero-order valence-electron chi connectivity index (χ0n) is 17.2. The van der Waals surface area contributed by atoms with Gasteiger partial charge in [-0.3, -0.25) is 14.4 Å². The van der Waals surface area contributed by atoms with Crippen molar-refractivity contribution in [3.63, 3.8) is 0 Å². The van der Waals surface area contributed by atoms with Crippen LogP contribution in [0, 0.1) is 11.8 Å². The number of rotatable bonds is 8. The molecule has 0 radical (unpaired) electrons. The number of hydrogen-bond donors (Lipinski definition) is 2. The average molecular weight is 399 g/mol. The van der Waals surface area contributed by atoms with Gasteiger partial charge in [0.2, 0.25) is 5.91 Å². The second kappa shape index (κ2) is 8.92. The summed E-state index contributed by atoms with van der Waals surface area (Å²) in [5, 5.41) is 14.7. The monoisotopic (exact) mass is 398 g/mol. The predicted molar refractivity (Wildman–Crippen MR) is 109 cm³/mol. The lowest BCUT2D eigenvalue weighted by Crippen LogP contribution is -2.58. The van der Waals surface area contributed by atoms with E-state index in [1.54, 1.807) is 7.11 Å². The van der Waals surface area contributed by atoms with Crippen LogP contribution in [0.2, 0.25) is 0 Å². The molecule has 4 atom stereocenters. The average Bonchev–Trinajstić information content (AvgIpc) is 3.19. The van der Waals surface area contributed by atoms with Gasteiger partial charge < -0.3 is 15.4 Å². The van der Waals surface area contributed by atoms with Gasteiger partial charge in [0.25, 0.3) is 0 Å². The van der Waals surface area contributed by atoms with Crippen molar-refractivity contribution in [2.45, 2.75) is 38.5 Å². The molecule has 1 amide bonds. The fourth-order valence-corrected chi connectivity index (χ4v) is 4.69. The lowest BCUT2D eigenvalue weighted by atomic mass is 9.75. The smallest absolute Gasteiger partial charge is 0.224 e. The van der Waals surface area contributed by atoms with Crippen molar-refractivity contribution < 1.29 is 9.53 Å². The summed E-state index contributed by atoms with van der Waals surface area (Å²) in [5.41, 5.74) is 1.96. The molecule has 2 aromatic rings. The summed E-state index contributed by atoms with van der Waals surface area (Å²) in [6, 6.07) is 8.25. The number of nitrogens with zero attached hydrogens (tertiary/aromatic N) is 4. The van der Waals surface area contributed by atoms with Crippen LogP contribution in [0.4, 0.5) is 0 Å². The molecule has 0 aliphatic carbocycles. The standard InChI is InChI=1S/C21H30N6O2/c1-22-11-17-12-27(25-24-17)13-18-9-15-7-8-26(18)14-19(15)21(28)23-10-16-5-3-4-6-20(16)29-2/h3-6,12,15,18-19,22H,7-11,13-14H2,1-2H3,(H,23,28)/t15-,18+,19-/m0/s1. The first-order valence-electron chi connectivity index (χ1n) is 10.3. The van der Waals surface area contributed by atoms with E-state index < -0.39 is 0 Å². The minimum atomic E-state index is 0.0605. The quantitative estimate of drug-likeness (QED) is 0.691. The first-order chi connectivity index (χ1) is 14.2. The summed E-state index contributed by atoms with van der Waals surface area (Å²) in [4.78, 5) is 15.3. The highest BCUT2D eigenvalue weighted by Crippen LogP contribution is 2.37. The van der Waals surface area contributed by atoms with Gasteiger partial charge in [-0.2, -0.15) is 0 Å². The summed E-state index contributed by atoms with van der Waals surface area (Å²) >= 11 is 0. The van der Waals surface area contributed by atoms with Gasteiger partial charge in [0.05, 0.1) is 25.3 Å². The number of methoxy groups -OCH3 is 1. The molecular formula is C21H30N6O2. The van der Waals surface area contributed by atoms with Crippen LogP contribution in [0.3, 0.4) is 0 Å². The summed E-state index contributed by atoms with van der Waals surface area (Å²) in [6.07, 6.45) is 4.14. The molecule has 2 bridgehead atoms. The lowest BCUT2D eigenvalue weighted by molar-refractivity contribution is -0.133. The molecule has 3 aliphatic heterocycles. The maximum atomic E-state index is 12.9. The molecular weight excluding hydrogens is 368 g/mol. The molecule has 29 heavy (non-hydrogen) atoms. The zero-order chi connectivity index (χ0) is 20.2. The van der Waals surface area contributed by atoms with E-state index >= 15 is 0 Å². The molecule has 156 valence electrons. The fourth-order valence-electron chi connectivity index (χ4n) is 4.69. The second-order valence-electron chi connectivity index (χ2n) is 8.03. The third-order valence-corrected chi connectivity index (χ3v) is 6.20. The lowest BCUT2D eigenvalue weighted by Gasteiger charge is -2.49. The second-order valence-corrected chi connectivity index (χ2v) is 8.03. The number of carbonyl (C=O) groups excluding carboxylic acids is 1. The van der Waals surface area contributed by atoms with Crippen LogP contribution in [-0.2, 0) is 24.4 Å². The number of amides is 1. The van der Waals surface area contributed by atoms with Crippen molar-refractivity contribution in [2.24, 2.45) is 11.8 Å². The van der Waals surface area contributed by atoms with Crippen molar-refractivity contribution in [3.8, 4) is 5.75 Å². The van der Waals surface area contributed by atoms with Gasteiger partial charge in [-0.1, -0.05) is 23.4 Å². The Morgan fingerprint density at radius 3 is 2.93 bits per heavy atom. The highest BCUT2D eigenvalue weighted by atomic mass is 16.5. The number of nitrogens with one attached hydrogen (secondary N) is 2. The number of benzene rings is 1. The minimum absolute atomic E-state index is 0.0605. The molecule has 4 heterocycles. The molecule has 1 aromatic carbocycles. The third kappa shape index (κ3) is 4.43. The van der Waals surface area contributed by atoms with Gasteiger partial charge in [0, 0.05) is 37.4 Å². The fraction of sp³-hybridized carbons (Fsp3) is 0.571. The Bertz CT molecular complexity index is 838. The predicted octanol–water partition coefficient (Wildman–Crippen LogP) is 1.03. The van der Waals surface area contributed by atoms with Crippen LogP contribution < -0.4 is 15.4 Å². The molecule has 3 saturated heterocycles. The number of aromatic nitrogens is 3. The van der Waals surface area contributed by atoms with E-state index in [-0.39, 0.29) is 11.8 Å². The number of para-hydroxylation sites is 1. The Labute approximate surface area is 171 Å². The first-order valence-corrected chi connectivity index (χ1v) is 10.3. The highest BCUT2D eigenvalue weighted by Gasteiger charge is 2.43. The van der Waals surface area contributed by atoms with Gasteiger partial charge in [-0.05, 0) is 38.4 Å². The number of fused-ring (bicyclic) bond motifs is 3. The summed E-state index contributed by atoms with van der Waals surface area (Å²) < 4.78 is 7.32. The minimum Gasteiger partial charge on any atom is -0.496 e. The molecule has 2 N–H and O–H groups in total. The van der Waals surface area contributed by atoms with E-state index in [2.05, 4.69) is 25.8 Å². The van der Waals surface area contributed by atoms with Crippen molar-refractivity contribution in [3.05, 3.63) is 41.7 Å². The normalized spacial score (nSPS) is 25.7. The van der Waals surface area contributed by atoms with Crippen LogP contribution in [0.15, 0.2) is 30.5 Å². The molecule has 3 aliphatic rings. The van der Waals surface area contributed by atoms with Crippen molar-refractivity contribution in [1.82, 2.24) is 30.5 Å². The number of carbonyl (C=O) groups is 1. The topological polar surface area (TPSA) is 84.3 Å². The van der Waals surface area contributed by atoms with Crippen LogP contribution in [0.1, 0.15) is 24.1 Å². The summed E-state index contributed by atoms with van der Waals surface area (Å²) in [7, 11) is 3.56. The van der Waals surface area contributed by atoms with Gasteiger partial charge in [-0.25, -0.2) is 0 Å². The number of piperidine rings is 3. The van der Waals surface area contributed by atoms with E-state index in [9.17, 15) is 4.79 Å². The highest BCUT2D eigenvalue weighted by molar-refractivity contribution is 5.79. The largest absolute Gasteiger partial charge is 0.496 e. The van der Waals surface area contributed by atoms with Gasteiger partial charge in [-0.15, -0.1) is 5.10 Å². The Morgan fingerprint density at radius 2 is 2.17 bits per heavy atom. The molecule has 8 nitrogen and oxygen atoms in total. The number of hydrogen-bond acceptors (Lipinski definition) is 6. The van der Waals surface area contributed by atoms with Crippen molar-refractivity contribution in [2.75, 3.05) is 27.2 Å². The Balaban J connectivity index is 1.33.